The van der Waals surface area contributed by atoms with Crippen molar-refractivity contribution >= 4 is 43.6 Å². The molecule has 8 heteroatoms. The first-order valence-electron chi connectivity index (χ1n) is 10.6. The van der Waals surface area contributed by atoms with Crippen LogP contribution >= 0.6 is 11.3 Å². The molecule has 3 heterocycles. The molecule has 0 bridgehead atoms. The highest BCUT2D eigenvalue weighted by Gasteiger charge is 2.45. The second-order valence-corrected chi connectivity index (χ2v) is 9.15. The number of thiazole rings is 1. The number of aryl methyl sites for hydroxylation is 1. The summed E-state index contributed by atoms with van der Waals surface area (Å²) in [7, 11) is 1.55. The fourth-order valence-electron chi connectivity index (χ4n) is 4.40. The maximum Gasteiger partial charge on any atom is 0.297 e. The minimum absolute atomic E-state index is 0.0143. The van der Waals surface area contributed by atoms with E-state index in [1.807, 2.05) is 19.1 Å². The number of nitrogens with zero attached hydrogens (tertiary/aromatic N) is 2. The summed E-state index contributed by atoms with van der Waals surface area (Å²) in [5, 5.41) is 0.761. The summed E-state index contributed by atoms with van der Waals surface area (Å²) in [5.41, 5.74) is 2.48. The smallest absolute Gasteiger partial charge is 0.297 e. The zero-order chi connectivity index (χ0) is 23.6. The predicted octanol–water partition coefficient (Wildman–Crippen LogP) is 5.61. The highest BCUT2D eigenvalue weighted by atomic mass is 32.1. The quantitative estimate of drug-likeness (QED) is 0.341. The summed E-state index contributed by atoms with van der Waals surface area (Å²) in [6.45, 7) is 1.89. The van der Waals surface area contributed by atoms with Crippen LogP contribution in [0.4, 0.5) is 9.52 Å². The minimum Gasteiger partial charge on any atom is -0.497 e. The van der Waals surface area contributed by atoms with Gasteiger partial charge in [0.1, 0.15) is 17.1 Å². The number of hydrogen-bond donors (Lipinski definition) is 0. The van der Waals surface area contributed by atoms with E-state index in [-0.39, 0.29) is 22.6 Å². The number of ether oxygens (including phenoxy) is 1. The molecule has 2 aromatic heterocycles. The number of fused-ring (bicyclic) bond motifs is 3. The van der Waals surface area contributed by atoms with Crippen LogP contribution in [0.15, 0.2) is 69.9 Å². The molecule has 168 valence electrons. The number of carbonyl (C=O) groups is 1. The van der Waals surface area contributed by atoms with Gasteiger partial charge in [0.25, 0.3) is 5.91 Å². The zero-order valence-corrected chi connectivity index (χ0v) is 19.0. The molecule has 0 saturated heterocycles. The van der Waals surface area contributed by atoms with Crippen molar-refractivity contribution in [2.75, 3.05) is 12.0 Å². The van der Waals surface area contributed by atoms with E-state index in [4.69, 9.17) is 9.15 Å². The number of anilines is 1. The lowest BCUT2D eigenvalue weighted by Gasteiger charge is -2.22. The molecule has 3 aromatic carbocycles. The Labute approximate surface area is 196 Å². The Kier molecular flexibility index (Phi) is 4.53. The van der Waals surface area contributed by atoms with E-state index < -0.39 is 11.9 Å². The molecule has 0 radical (unpaired) electrons. The van der Waals surface area contributed by atoms with E-state index in [0.717, 1.165) is 5.56 Å². The topological polar surface area (TPSA) is 72.6 Å². The van der Waals surface area contributed by atoms with Gasteiger partial charge in [0.15, 0.2) is 10.6 Å². The van der Waals surface area contributed by atoms with Crippen molar-refractivity contribution in [3.05, 3.63) is 99.2 Å². The van der Waals surface area contributed by atoms with Gasteiger partial charge in [-0.15, -0.1) is 0 Å². The Morgan fingerprint density at radius 1 is 1.09 bits per heavy atom. The Hall–Kier alpha value is -4.04. The van der Waals surface area contributed by atoms with Crippen LogP contribution in [-0.2, 0) is 0 Å². The Morgan fingerprint density at radius 2 is 1.94 bits per heavy atom. The van der Waals surface area contributed by atoms with Crippen LogP contribution in [0.1, 0.15) is 33.3 Å². The van der Waals surface area contributed by atoms with Crippen molar-refractivity contribution in [2.24, 2.45) is 0 Å². The van der Waals surface area contributed by atoms with Crippen LogP contribution < -0.4 is 15.1 Å². The van der Waals surface area contributed by atoms with Crippen LogP contribution in [0.3, 0.4) is 0 Å². The van der Waals surface area contributed by atoms with Crippen LogP contribution in [0.5, 0.6) is 5.75 Å². The number of carbonyl (C=O) groups excluding carboxylic acids is 1. The number of halogens is 1. The van der Waals surface area contributed by atoms with E-state index in [1.165, 1.54) is 28.4 Å². The molecule has 0 spiro atoms. The van der Waals surface area contributed by atoms with Gasteiger partial charge in [-0.2, -0.15) is 0 Å². The maximum atomic E-state index is 13.8. The second-order valence-electron chi connectivity index (χ2n) is 8.14. The first kappa shape index (κ1) is 20.6. The normalized spacial score (nSPS) is 15.3. The Bertz CT molecular complexity index is 1690. The van der Waals surface area contributed by atoms with Crippen molar-refractivity contribution in [3.63, 3.8) is 0 Å². The Balaban J connectivity index is 1.64. The number of benzene rings is 3. The molecule has 0 saturated carbocycles. The fourth-order valence-corrected chi connectivity index (χ4v) is 5.42. The number of hydrogen-bond acceptors (Lipinski definition) is 6. The molecule has 0 N–H and O–H groups in total. The lowest BCUT2D eigenvalue weighted by Crippen LogP contribution is -2.29. The lowest BCUT2D eigenvalue weighted by atomic mass is 9.98. The van der Waals surface area contributed by atoms with Crippen molar-refractivity contribution < 1.29 is 18.3 Å². The molecule has 1 aliphatic heterocycles. The van der Waals surface area contributed by atoms with Crippen molar-refractivity contribution in [3.8, 4) is 5.75 Å². The molecule has 0 aliphatic carbocycles. The number of methoxy groups -OCH3 is 1. The summed E-state index contributed by atoms with van der Waals surface area (Å²) in [5.74, 6) is -0.284. The van der Waals surface area contributed by atoms with Gasteiger partial charge in [0, 0.05) is 0 Å². The molecule has 6 nitrogen and oxygen atoms in total. The van der Waals surface area contributed by atoms with Crippen LogP contribution in [0, 0.1) is 12.7 Å². The van der Waals surface area contributed by atoms with E-state index >= 15 is 0 Å². The van der Waals surface area contributed by atoms with Gasteiger partial charge < -0.3 is 9.15 Å². The standard InChI is InChI=1S/C26H17FN2O4S/c1-13-6-9-19-17(10-13)23(30)21-22(14-4-3-5-16(11-14)32-2)29(25(31)24(21)33-19)26-28-18-8-7-15(27)12-20(18)34-26/h3-12,22H,1-2H3/t22-/m1/s1. The minimum atomic E-state index is -0.774. The predicted molar refractivity (Wildman–Crippen MR) is 128 cm³/mol. The largest absolute Gasteiger partial charge is 0.497 e. The first-order chi connectivity index (χ1) is 16.4. The van der Waals surface area contributed by atoms with Crippen molar-refractivity contribution in [1.82, 2.24) is 4.98 Å². The summed E-state index contributed by atoms with van der Waals surface area (Å²) in [6, 6.07) is 16.0. The van der Waals surface area contributed by atoms with E-state index in [1.54, 1.807) is 43.5 Å². The SMILES string of the molecule is COc1cccc([C@@H]2c3c(oc4ccc(C)cc4c3=O)C(=O)N2c2nc3ccc(F)cc3s2)c1. The molecular formula is C26H17FN2O4S. The van der Waals surface area contributed by atoms with Gasteiger partial charge in [0.2, 0.25) is 5.76 Å². The van der Waals surface area contributed by atoms with Crippen LogP contribution in [0.2, 0.25) is 0 Å². The number of aromatic nitrogens is 1. The van der Waals surface area contributed by atoms with Gasteiger partial charge in [0.05, 0.1) is 34.3 Å². The third-order valence-electron chi connectivity index (χ3n) is 5.98. The molecule has 5 aromatic rings. The average Bonchev–Trinajstić information content (AvgIpc) is 3.38. The highest BCUT2D eigenvalue weighted by molar-refractivity contribution is 7.22. The summed E-state index contributed by atoms with van der Waals surface area (Å²) >= 11 is 1.18. The molecule has 1 atom stereocenters. The van der Waals surface area contributed by atoms with Gasteiger partial charge >= 0.3 is 0 Å². The second kappa shape index (κ2) is 7.50. The van der Waals surface area contributed by atoms with Crippen molar-refractivity contribution in [2.45, 2.75) is 13.0 Å². The molecule has 0 fully saturated rings. The first-order valence-corrected chi connectivity index (χ1v) is 11.4. The van der Waals surface area contributed by atoms with E-state index in [2.05, 4.69) is 4.98 Å². The number of rotatable bonds is 3. The highest BCUT2D eigenvalue weighted by Crippen LogP contribution is 2.44. The number of amides is 1. The third-order valence-corrected chi connectivity index (χ3v) is 7.00. The summed E-state index contributed by atoms with van der Waals surface area (Å²) in [6.07, 6.45) is 0. The van der Waals surface area contributed by atoms with E-state index in [0.29, 0.717) is 37.6 Å². The molecule has 1 amide bonds. The maximum absolute atomic E-state index is 13.8. The lowest BCUT2D eigenvalue weighted by molar-refractivity contribution is 0.0971. The van der Waals surface area contributed by atoms with E-state index in [9.17, 15) is 14.0 Å². The van der Waals surface area contributed by atoms with Crippen LogP contribution in [-0.4, -0.2) is 18.0 Å². The van der Waals surface area contributed by atoms with Gasteiger partial charge in [-0.1, -0.05) is 35.1 Å². The van der Waals surface area contributed by atoms with Crippen LogP contribution in [0.25, 0.3) is 21.2 Å². The summed E-state index contributed by atoms with van der Waals surface area (Å²) in [4.78, 5) is 33.4. The monoisotopic (exact) mass is 472 g/mol. The Morgan fingerprint density at radius 3 is 2.76 bits per heavy atom. The molecule has 0 unspecified atom stereocenters. The van der Waals surface area contributed by atoms with Gasteiger partial charge in [-0.25, -0.2) is 9.37 Å². The molecule has 34 heavy (non-hydrogen) atoms. The summed E-state index contributed by atoms with van der Waals surface area (Å²) < 4.78 is 25.8. The fraction of sp³-hybridized carbons (Fsp3) is 0.115. The molecule has 6 rings (SSSR count). The van der Waals surface area contributed by atoms with Gasteiger partial charge in [-0.3, -0.25) is 14.5 Å². The zero-order valence-electron chi connectivity index (χ0n) is 18.2. The van der Waals surface area contributed by atoms with Gasteiger partial charge in [-0.05, 0) is 55.0 Å². The molecule has 1 aliphatic rings. The third kappa shape index (κ3) is 3.03. The average molecular weight is 472 g/mol. The van der Waals surface area contributed by atoms with Crippen molar-refractivity contribution in [1.29, 1.82) is 0 Å². The molecular weight excluding hydrogens is 455 g/mol.